The van der Waals surface area contributed by atoms with Crippen molar-refractivity contribution in [1.82, 2.24) is 0 Å². The van der Waals surface area contributed by atoms with Crippen LogP contribution in [0.4, 0.5) is 34.1 Å². The first-order valence-electron chi connectivity index (χ1n) is 26.4. The van der Waals surface area contributed by atoms with Gasteiger partial charge < -0.3 is 18.6 Å². The number of para-hydroxylation sites is 6. The van der Waals surface area contributed by atoms with Crippen molar-refractivity contribution in [2.45, 2.75) is 57.8 Å². The quantitative estimate of drug-likeness (QED) is 0.112. The summed E-state index contributed by atoms with van der Waals surface area (Å²) in [6, 6.07) is 76.4. The maximum absolute atomic E-state index is 6.89. The molecule has 0 aliphatic heterocycles. The van der Waals surface area contributed by atoms with Gasteiger partial charge in [-0.1, -0.05) is 179 Å². The summed E-state index contributed by atoms with van der Waals surface area (Å²) in [6.07, 6.45) is 0. The van der Waals surface area contributed by atoms with Gasteiger partial charge in [-0.05, 0) is 146 Å². The fourth-order valence-electron chi connectivity index (χ4n) is 14.0. The molecule has 1 aliphatic carbocycles. The molecule has 0 saturated carbocycles. The van der Waals surface area contributed by atoms with E-state index in [0.29, 0.717) is 0 Å². The van der Waals surface area contributed by atoms with Crippen molar-refractivity contribution in [2.75, 3.05) is 9.80 Å². The summed E-state index contributed by atoms with van der Waals surface area (Å²) < 4.78 is 13.6. The van der Waals surface area contributed by atoms with Crippen molar-refractivity contribution < 1.29 is 8.83 Å². The molecule has 0 atom stereocenters. The van der Waals surface area contributed by atoms with Gasteiger partial charge in [0.25, 0.3) is 0 Å². The monoisotopic (exact) mass is 1000 g/mol. The minimum absolute atomic E-state index is 0.146. The van der Waals surface area contributed by atoms with Gasteiger partial charge in [-0.15, -0.1) is 0 Å². The standard InChI is InChI=1S/C69H58N2O2Si2/c1-43-21-17-29-54-56-31-19-33-61(67(56)72-65(43)54)70(47-23-11-9-12-24-47)49-36-35-45-40-59-60(41-46(45)39-49)69(74(3,4)5,75(6,7)8)64-53-38-37-50(42-58(53)51-27-15-16-28-52(51)63(59)64)71(48-25-13-10-14-26-48)62-34-20-32-57-55-30-18-22-44(2)66(55)73-68(57)62/h9-42H,1-8H3. The van der Waals surface area contributed by atoms with Gasteiger partial charge in [-0.3, -0.25) is 0 Å². The van der Waals surface area contributed by atoms with Crippen LogP contribution in [-0.4, -0.2) is 16.1 Å². The van der Waals surface area contributed by atoms with Gasteiger partial charge in [-0.2, -0.15) is 0 Å². The SMILES string of the molecule is Cc1cccc2c1oc1c(N(c3ccccc3)c3ccc4cc5c(cc4c3)C([Si](C)(C)C)([Si](C)(C)C)c3c-5c4ccccc4c4cc(N(c5ccccc5)c5cccc6c5oc5c(C)cccc56)ccc34)cccc12. The second-order valence-electron chi connectivity index (χ2n) is 23.0. The van der Waals surface area contributed by atoms with E-state index in [0.717, 1.165) is 89.1 Å². The van der Waals surface area contributed by atoms with Crippen molar-refractivity contribution >= 4 is 126 Å². The molecule has 0 spiro atoms. The highest BCUT2D eigenvalue weighted by Crippen LogP contribution is 2.63. The summed E-state index contributed by atoms with van der Waals surface area (Å²) in [4.78, 5) is 4.79. The van der Waals surface area contributed by atoms with Crippen LogP contribution in [-0.2, 0) is 4.66 Å². The Labute approximate surface area is 440 Å². The smallest absolute Gasteiger partial charge is 0.159 e. The molecule has 1 aliphatic rings. The lowest BCUT2D eigenvalue weighted by Gasteiger charge is -2.51. The summed E-state index contributed by atoms with van der Waals surface area (Å²) in [6.45, 7) is 20.1. The van der Waals surface area contributed by atoms with E-state index < -0.39 is 16.1 Å². The normalized spacial score (nSPS) is 13.4. The van der Waals surface area contributed by atoms with E-state index in [1.807, 2.05) is 0 Å². The molecule has 0 unspecified atom stereocenters. The molecule has 11 aromatic carbocycles. The largest absolute Gasteiger partial charge is 0.454 e. The molecular formula is C69H58N2O2Si2. The second kappa shape index (κ2) is 16.4. The van der Waals surface area contributed by atoms with Gasteiger partial charge in [-0.25, -0.2) is 0 Å². The molecule has 13 aromatic rings. The van der Waals surface area contributed by atoms with Crippen LogP contribution in [0.1, 0.15) is 22.3 Å². The van der Waals surface area contributed by atoms with Crippen LogP contribution in [0.3, 0.4) is 0 Å². The summed E-state index contributed by atoms with van der Waals surface area (Å²) in [5.41, 5.74) is 18.2. The first-order valence-corrected chi connectivity index (χ1v) is 33.4. The summed E-state index contributed by atoms with van der Waals surface area (Å²) in [7, 11) is -4.35. The van der Waals surface area contributed by atoms with E-state index in [2.05, 4.69) is 269 Å². The molecule has 14 rings (SSSR count). The average molecular weight is 1000 g/mol. The zero-order valence-electron chi connectivity index (χ0n) is 43.8. The van der Waals surface area contributed by atoms with E-state index in [1.54, 1.807) is 0 Å². The zero-order valence-corrected chi connectivity index (χ0v) is 45.8. The lowest BCUT2D eigenvalue weighted by molar-refractivity contribution is 0.665. The molecule has 0 fully saturated rings. The van der Waals surface area contributed by atoms with Crippen molar-refractivity contribution in [1.29, 1.82) is 0 Å². The number of nitrogens with zero attached hydrogens (tertiary/aromatic N) is 2. The molecule has 6 heteroatoms. The lowest BCUT2D eigenvalue weighted by atomic mass is 9.90. The van der Waals surface area contributed by atoms with Crippen LogP contribution in [0.5, 0.6) is 0 Å². The molecule has 0 bridgehead atoms. The molecular weight excluding hydrogens is 945 g/mol. The van der Waals surface area contributed by atoms with Crippen LogP contribution in [0.2, 0.25) is 39.3 Å². The first-order chi connectivity index (χ1) is 36.3. The van der Waals surface area contributed by atoms with Gasteiger partial charge >= 0.3 is 0 Å². The minimum Gasteiger partial charge on any atom is -0.454 e. The first kappa shape index (κ1) is 45.4. The number of benzene rings is 11. The van der Waals surface area contributed by atoms with Gasteiger partial charge in [0.05, 0.1) is 27.5 Å². The van der Waals surface area contributed by atoms with Crippen LogP contribution >= 0.6 is 0 Å². The predicted octanol–water partition coefficient (Wildman–Crippen LogP) is 20.5. The van der Waals surface area contributed by atoms with Gasteiger partial charge in [0.1, 0.15) is 11.2 Å². The third-order valence-corrected chi connectivity index (χ3v) is 26.7. The van der Waals surface area contributed by atoms with Crippen LogP contribution < -0.4 is 9.80 Å². The number of furan rings is 2. The van der Waals surface area contributed by atoms with Gasteiger partial charge in [0, 0.05) is 49.0 Å². The number of rotatable bonds is 8. The van der Waals surface area contributed by atoms with Crippen LogP contribution in [0.15, 0.2) is 215 Å². The molecule has 0 radical (unpaired) electrons. The van der Waals surface area contributed by atoms with E-state index in [1.165, 1.54) is 54.6 Å². The van der Waals surface area contributed by atoms with Gasteiger partial charge in [0.2, 0.25) is 0 Å². The van der Waals surface area contributed by atoms with Crippen molar-refractivity contribution in [3.05, 3.63) is 229 Å². The molecule has 75 heavy (non-hydrogen) atoms. The molecule has 0 N–H and O–H groups in total. The highest BCUT2D eigenvalue weighted by Gasteiger charge is 2.60. The van der Waals surface area contributed by atoms with E-state index >= 15 is 0 Å². The van der Waals surface area contributed by atoms with Crippen molar-refractivity contribution in [2.24, 2.45) is 0 Å². The van der Waals surface area contributed by atoms with Crippen molar-refractivity contribution in [3.8, 4) is 11.1 Å². The predicted molar refractivity (Wildman–Crippen MR) is 325 cm³/mol. The Hall–Kier alpha value is -8.17. The maximum atomic E-state index is 6.89. The Balaban J connectivity index is 1.01. The number of anilines is 6. The zero-order chi connectivity index (χ0) is 51.1. The Kier molecular flexibility index (Phi) is 9.95. The number of hydrogen-bond donors (Lipinski definition) is 0. The third kappa shape index (κ3) is 6.52. The highest BCUT2D eigenvalue weighted by molar-refractivity contribution is 7.00. The maximum Gasteiger partial charge on any atom is 0.159 e. The Morgan fingerprint density at radius 3 is 1.36 bits per heavy atom. The molecule has 2 aromatic heterocycles. The lowest BCUT2D eigenvalue weighted by Crippen LogP contribution is -2.63. The van der Waals surface area contributed by atoms with Gasteiger partial charge in [0.15, 0.2) is 11.2 Å². The summed E-state index contributed by atoms with van der Waals surface area (Å²) >= 11 is 0. The number of aryl methyl sites for hydroxylation is 2. The summed E-state index contributed by atoms with van der Waals surface area (Å²) in [5, 5.41) is 12.2. The number of hydrogen-bond acceptors (Lipinski definition) is 4. The molecule has 364 valence electrons. The fourth-order valence-corrected chi connectivity index (χ4v) is 27.0. The van der Waals surface area contributed by atoms with E-state index in [4.69, 9.17) is 8.83 Å². The van der Waals surface area contributed by atoms with Crippen molar-refractivity contribution in [3.63, 3.8) is 0 Å². The third-order valence-electron chi connectivity index (χ3n) is 16.7. The molecule has 0 saturated heterocycles. The van der Waals surface area contributed by atoms with E-state index in [9.17, 15) is 0 Å². The second-order valence-corrected chi connectivity index (χ2v) is 34.0. The average Bonchev–Trinajstić information content (AvgIpc) is 4.18. The van der Waals surface area contributed by atoms with Crippen LogP contribution in [0, 0.1) is 13.8 Å². The Morgan fingerprint density at radius 1 is 0.347 bits per heavy atom. The summed E-state index contributed by atoms with van der Waals surface area (Å²) in [5.74, 6) is 0. The molecule has 2 heterocycles. The van der Waals surface area contributed by atoms with Crippen LogP contribution in [0.25, 0.3) is 87.3 Å². The Morgan fingerprint density at radius 2 is 0.813 bits per heavy atom. The Bertz CT molecular complexity index is 4470. The highest BCUT2D eigenvalue weighted by atomic mass is 28.4. The molecule has 0 amide bonds. The van der Waals surface area contributed by atoms with E-state index in [-0.39, 0.29) is 4.66 Å². The minimum atomic E-state index is -2.17. The number of fused-ring (bicyclic) bond motifs is 15. The molecule has 4 nitrogen and oxygen atoms in total. The topological polar surface area (TPSA) is 32.8 Å². The fraction of sp³-hybridized carbons (Fsp3) is 0.130.